The van der Waals surface area contributed by atoms with Gasteiger partial charge in [-0.3, -0.25) is 9.59 Å². The molecule has 144 heavy (non-hydrogen) atoms. The number of hydrogen-bond donors (Lipinski definition) is 2. The summed E-state index contributed by atoms with van der Waals surface area (Å²) in [4.78, 5) is 57.7. The number of alkyl halides is 4. The molecule has 784 valence electrons. The molecule has 2 atom stereocenters. The summed E-state index contributed by atoms with van der Waals surface area (Å²) >= 11 is 18.5. The van der Waals surface area contributed by atoms with E-state index in [1.807, 2.05) is 133 Å². The van der Waals surface area contributed by atoms with Gasteiger partial charge in [-0.25, -0.2) is 18.6 Å². The molecular formula is C115H145BCl5F3O19S. The zero-order valence-corrected chi connectivity index (χ0v) is 91.7. The predicted molar refractivity (Wildman–Crippen MR) is 578 cm³/mol. The van der Waals surface area contributed by atoms with Crippen LogP contribution in [-0.4, -0.2) is 145 Å². The lowest BCUT2D eigenvalue weighted by Gasteiger charge is -2.33. The molecule has 7 aliphatic rings. The molecule has 4 aliphatic carbocycles. The zero-order valence-electron chi connectivity index (χ0n) is 87.1. The Morgan fingerprint density at radius 1 is 0.486 bits per heavy atom. The Kier molecular flexibility index (Phi) is 45.7. The molecule has 29 heteroatoms. The van der Waals surface area contributed by atoms with E-state index in [2.05, 4.69) is 95.0 Å². The highest BCUT2D eigenvalue weighted by Gasteiger charge is 2.52. The summed E-state index contributed by atoms with van der Waals surface area (Å²) in [5.41, 5.74) is 23.6. The number of halogens is 8. The first-order valence-corrected chi connectivity index (χ1v) is 52.1. The highest BCUT2D eigenvalue weighted by molar-refractivity contribution is 8.26. The van der Waals surface area contributed by atoms with Crippen LogP contribution in [0.1, 0.15) is 287 Å². The fourth-order valence-electron chi connectivity index (χ4n) is 18.8. The van der Waals surface area contributed by atoms with Crippen LogP contribution in [0.2, 0.25) is 10.0 Å². The van der Waals surface area contributed by atoms with Gasteiger partial charge in [0.1, 0.15) is 35.4 Å². The van der Waals surface area contributed by atoms with E-state index in [1.165, 1.54) is 56.5 Å². The molecule has 3 aliphatic heterocycles. The first-order chi connectivity index (χ1) is 67.2. The van der Waals surface area contributed by atoms with Crippen molar-refractivity contribution in [2.75, 3.05) is 82.1 Å². The number of allylic oxidation sites excluding steroid dienone is 6. The minimum absolute atomic E-state index is 0. The summed E-state index contributed by atoms with van der Waals surface area (Å²) in [6.45, 7) is 37.6. The summed E-state index contributed by atoms with van der Waals surface area (Å²) in [6, 6.07) is 44.1. The van der Waals surface area contributed by atoms with Gasteiger partial charge in [-0.15, -0.1) is 11.6 Å². The molecule has 0 radical (unpaired) electrons. The number of aliphatic hydroxyl groups excluding tert-OH is 2. The molecule has 3 heterocycles. The highest BCUT2D eigenvalue weighted by atomic mass is 36.0. The van der Waals surface area contributed by atoms with E-state index in [-0.39, 0.29) is 89.7 Å². The van der Waals surface area contributed by atoms with Crippen LogP contribution in [0.3, 0.4) is 0 Å². The van der Waals surface area contributed by atoms with Gasteiger partial charge in [-0.05, 0) is 360 Å². The largest absolute Gasteiger partial charge is 0.496 e. The van der Waals surface area contributed by atoms with Gasteiger partial charge >= 0.3 is 37.2 Å². The number of carbonyl (C=O) groups excluding carboxylic acids is 5. The molecule has 15 rings (SSSR count). The fraction of sp³-hybridized carbons (Fsp3) is 0.470. The van der Waals surface area contributed by atoms with Crippen LogP contribution in [0.25, 0.3) is 44.5 Å². The number of methoxy groups -OCH3 is 7. The molecule has 19 nitrogen and oxygen atoms in total. The molecule has 0 spiro atoms. The number of hydrogen-bond acceptors (Lipinski definition) is 19. The number of aryl methyl sites for hydroxylation is 4. The summed E-state index contributed by atoms with van der Waals surface area (Å²) in [5, 5.41) is 21.0. The molecular weight excluding hydrogens is 1960 g/mol. The van der Waals surface area contributed by atoms with E-state index in [0.29, 0.717) is 43.7 Å². The number of carbonyl (C=O) groups is 5. The van der Waals surface area contributed by atoms with Crippen LogP contribution in [0, 0.1) is 55.3 Å². The number of aliphatic hydroxyl groups is 2. The Morgan fingerprint density at radius 3 is 1.19 bits per heavy atom. The van der Waals surface area contributed by atoms with E-state index in [1.54, 1.807) is 72.6 Å². The summed E-state index contributed by atoms with van der Waals surface area (Å²) in [6.07, 6.45) is 10.6. The van der Waals surface area contributed by atoms with Crippen molar-refractivity contribution in [3.63, 3.8) is 0 Å². The Bertz CT molecular complexity index is 5780. The smallest absolute Gasteiger partial charge is 0.495 e. The summed E-state index contributed by atoms with van der Waals surface area (Å²) < 4.78 is 106. The molecule has 8 aromatic rings. The molecule has 2 N–H and O–H groups in total. The van der Waals surface area contributed by atoms with E-state index in [0.717, 1.165) is 221 Å². The minimum atomic E-state index is -4.38. The van der Waals surface area contributed by atoms with Crippen molar-refractivity contribution in [1.29, 1.82) is 0 Å². The fourth-order valence-corrected chi connectivity index (χ4v) is 19.4. The van der Waals surface area contributed by atoms with Crippen molar-refractivity contribution in [2.24, 2.45) is 27.6 Å². The Morgan fingerprint density at radius 2 is 0.847 bits per heavy atom. The molecule has 3 fully saturated rings. The molecule has 0 unspecified atom stereocenters. The average molecular weight is 2110 g/mol. The van der Waals surface area contributed by atoms with E-state index < -0.39 is 34.2 Å². The predicted octanol–water partition coefficient (Wildman–Crippen LogP) is 29.1. The Balaban J connectivity index is 0.000000232. The van der Waals surface area contributed by atoms with Crippen LogP contribution >= 0.6 is 56.2 Å². The lowest BCUT2D eigenvalue weighted by molar-refractivity contribution is -0.141. The third-order valence-corrected chi connectivity index (χ3v) is 28.1. The summed E-state index contributed by atoms with van der Waals surface area (Å²) in [5.74, 6) is 2.38. The number of rotatable bonds is 19. The van der Waals surface area contributed by atoms with Crippen LogP contribution < -0.4 is 24.4 Å². The van der Waals surface area contributed by atoms with Crippen LogP contribution in [-0.2, 0) is 58.0 Å². The highest BCUT2D eigenvalue weighted by Crippen LogP contribution is 2.51. The van der Waals surface area contributed by atoms with E-state index >= 15 is 0 Å². The maximum atomic E-state index is 12.7. The lowest BCUT2D eigenvalue weighted by atomic mass is 9.73. The van der Waals surface area contributed by atoms with E-state index in [4.69, 9.17) is 91.0 Å². The number of benzene rings is 8. The summed E-state index contributed by atoms with van der Waals surface area (Å²) in [7, 11) is 17.8. The van der Waals surface area contributed by atoms with Gasteiger partial charge in [0.05, 0.1) is 103 Å². The third-order valence-electron chi connectivity index (χ3n) is 27.3. The molecule has 3 saturated heterocycles. The Hall–Kier alpha value is -9.28. The second kappa shape index (κ2) is 54.1. The second-order valence-electron chi connectivity index (χ2n) is 41.1. The SMILES string of the molecule is C.C1CCOC1.COC(=O)c1ccc(-c2ccc(OC)c(C3=C(CCl)CC(C)(C)CC3)c2)c(C)c1.COC(=O)c1ccc(-c2ccc(OC)c(C3=C(CO)CC(C)(C)CC3)c2)c(C)c1.COC(=O)c1ccc(B2OC(C)(C)C(C)(C)O2)c(C)c1.COc1ccc(Cl)cc1C1=C(C=O)CC(C)(C)CC1.COc1ccc(Cl)cc1C1=C(CO)CC(C)(C)CC1.Cc1cc([C@@H]2OC(=O)C[C@H]2C)cc(C(F)(F)F)c1.O=S(Cl)Cl. The number of esters is 4. The number of aldehydes is 1. The van der Waals surface area contributed by atoms with Gasteiger partial charge < -0.3 is 62.2 Å². The second-order valence-corrected chi connectivity index (χ2v) is 44.8. The first kappa shape index (κ1) is 122. The minimum Gasteiger partial charge on any atom is -0.496 e. The average Bonchev–Trinajstić information content (AvgIpc) is 1.59. The van der Waals surface area contributed by atoms with Crippen LogP contribution in [0.5, 0.6) is 23.0 Å². The Labute approximate surface area is 877 Å². The van der Waals surface area contributed by atoms with Crippen molar-refractivity contribution in [1.82, 2.24) is 0 Å². The van der Waals surface area contributed by atoms with Gasteiger partial charge in [-0.2, -0.15) is 13.2 Å². The van der Waals surface area contributed by atoms with Crippen molar-refractivity contribution in [3.05, 3.63) is 250 Å². The van der Waals surface area contributed by atoms with Crippen molar-refractivity contribution in [3.8, 4) is 45.3 Å². The van der Waals surface area contributed by atoms with Crippen LogP contribution in [0.4, 0.5) is 13.2 Å². The van der Waals surface area contributed by atoms with Gasteiger partial charge in [0.2, 0.25) is 9.23 Å². The van der Waals surface area contributed by atoms with Crippen LogP contribution in [0.15, 0.2) is 168 Å². The standard InChI is InChI=1S/C25H29ClO3.C25H30O4.C16H21ClO2.C16H19ClO2.C15H21BO4.C13H13F3O2.C4H8O.CH4.Cl2OS/c2*1-16-12-18(24(27)29-5)6-8-20(16)17-7-9-23(28-4)22(13-17)21-10-11-25(2,3)14-19(21)15-26;2*1-16(2)7-6-13(11(9-16)10-18)14-8-12(17)4-5-15(14)19-3;1-10-9-11(13(17)18-6)7-8-12(10)16-19-14(2,3)15(4,5)20-16;1-7-3-9(6-10(4-7)13(14,15)16)12-8(2)5-11(17)18-12;1-2-4-5-3-1;;1-4(2)3/h6-9,12-13H,10-11,14-15H2,1-5H3;6-9,12-13,26H,10-11,14-15H2,1-5H3;4-5,8,18H,6-7,9-10H2,1-3H3;4-5,8,10H,6-7,9H2,1-3H3;7-9H,1-6H3;3-4,6,8,12H,5H2,1-2H3;1-4H2;1H4;/t;;;;;8-,12-;;;/m.....1.../s1. The maximum Gasteiger partial charge on any atom is 0.495 e. The monoisotopic (exact) mass is 2100 g/mol. The number of ether oxygens (including phenoxy) is 9. The van der Waals surface area contributed by atoms with Gasteiger partial charge in [0.25, 0.3) is 0 Å². The van der Waals surface area contributed by atoms with Crippen molar-refractivity contribution >= 4 is 130 Å². The third kappa shape index (κ3) is 33.6. The molecule has 0 aromatic heterocycles. The number of cyclic esters (lactones) is 1. The van der Waals surface area contributed by atoms with Crippen molar-refractivity contribution in [2.45, 2.75) is 245 Å². The first-order valence-electron chi connectivity index (χ1n) is 48.0. The molecule has 8 aromatic carbocycles. The molecule has 0 saturated carbocycles. The zero-order chi connectivity index (χ0) is 106. The van der Waals surface area contributed by atoms with Crippen molar-refractivity contribution < 1.29 is 104 Å². The normalized spacial score (nSPS) is 18.2. The molecule has 0 bridgehead atoms. The topological polar surface area (TPSA) is 244 Å². The molecule has 0 amide bonds. The quantitative estimate of drug-likeness (QED) is 0.0191. The van der Waals surface area contributed by atoms with E-state index in [9.17, 15) is 47.4 Å². The lowest BCUT2D eigenvalue weighted by Crippen LogP contribution is -2.41. The van der Waals surface area contributed by atoms with Gasteiger partial charge in [-0.1, -0.05) is 146 Å². The van der Waals surface area contributed by atoms with Gasteiger partial charge in [0, 0.05) is 78.7 Å². The van der Waals surface area contributed by atoms with Gasteiger partial charge in [0.15, 0.2) is 0 Å². The maximum absolute atomic E-state index is 12.7.